The van der Waals surface area contributed by atoms with E-state index in [0.29, 0.717) is 0 Å². The Balaban J connectivity index is 0.000000168. The number of hydrogen-bond donors (Lipinski definition) is 2. The van der Waals surface area contributed by atoms with Crippen LogP contribution in [0, 0.1) is 11.8 Å². The first kappa shape index (κ1) is 10.0. The molecule has 2 rings (SSSR count). The lowest BCUT2D eigenvalue weighted by atomic mass is 10.7. The summed E-state index contributed by atoms with van der Waals surface area (Å²) in [6.07, 6.45) is 7.50. The van der Waals surface area contributed by atoms with Crippen molar-refractivity contribution in [3.8, 4) is 6.57 Å². The van der Waals surface area contributed by atoms with Gasteiger partial charge in [0.05, 0.1) is 0 Å². The summed E-state index contributed by atoms with van der Waals surface area (Å²) < 4.78 is 0. The topological polar surface area (TPSA) is 55.4 Å². The molecule has 2 aromatic rings. The van der Waals surface area contributed by atoms with Crippen LogP contribution in [0.1, 0.15) is 0 Å². The van der Waals surface area contributed by atoms with Gasteiger partial charge in [-0.15, -0.1) is 0 Å². The summed E-state index contributed by atoms with van der Waals surface area (Å²) in [4.78, 5) is 5.72. The maximum Gasteiger partial charge on any atom is 0.0462 e. The van der Waals surface area contributed by atoms with Crippen LogP contribution >= 0.6 is 0 Å². The molecule has 0 aliphatic rings. The van der Waals surface area contributed by atoms with Crippen LogP contribution in [0.3, 0.4) is 0 Å². The van der Waals surface area contributed by atoms with E-state index in [1.165, 1.54) is 0 Å². The lowest BCUT2D eigenvalue weighted by Gasteiger charge is -1.49. The van der Waals surface area contributed by atoms with Crippen LogP contribution in [0.2, 0.25) is 0 Å². The van der Waals surface area contributed by atoms with Crippen molar-refractivity contribution in [3.05, 3.63) is 49.1 Å². The lowest BCUT2D eigenvalue weighted by molar-refractivity contribution is 1.41. The molecule has 0 unspecified atom stereocenters. The van der Waals surface area contributed by atoms with Crippen LogP contribution in [0.5, 0.6) is 0 Å². The zero-order chi connectivity index (χ0) is 9.07. The normalized spacial score (nSPS) is 6.83. The number of aromatic nitrogens is 2. The van der Waals surface area contributed by atoms with Gasteiger partial charge < -0.3 is 9.97 Å². The molecular weight excluding hydrogens is 150 g/mol. The molecule has 0 aliphatic heterocycles. The Morgan fingerprint density at radius 1 is 0.667 bits per heavy atom. The van der Waals surface area contributed by atoms with Gasteiger partial charge in [-0.2, -0.15) is 0 Å². The molecule has 2 N–H and O–H groups in total. The fourth-order valence-electron chi connectivity index (χ4n) is 0.556. The summed E-state index contributed by atoms with van der Waals surface area (Å²) in [5.74, 6) is 0. The van der Waals surface area contributed by atoms with Crippen LogP contribution in [0.15, 0.2) is 49.1 Å². The fourth-order valence-corrected chi connectivity index (χ4v) is 0.556. The fraction of sp³-hybridized carbons (Fsp3) is 0. The van der Waals surface area contributed by atoms with Crippen molar-refractivity contribution >= 4 is 0 Å². The van der Waals surface area contributed by atoms with Gasteiger partial charge in [0.15, 0.2) is 0 Å². The van der Waals surface area contributed by atoms with Crippen molar-refractivity contribution in [1.29, 1.82) is 5.26 Å². The Hall–Kier alpha value is -1.95. The molecule has 0 saturated carbocycles. The molecule has 0 amide bonds. The summed E-state index contributed by atoms with van der Waals surface area (Å²) in [5.41, 5.74) is 0. The molecular formula is C9H11N3. The molecule has 2 aromatic heterocycles. The van der Waals surface area contributed by atoms with E-state index in [4.69, 9.17) is 5.26 Å². The zero-order valence-corrected chi connectivity index (χ0v) is 6.64. The Morgan fingerprint density at radius 3 is 1.00 bits per heavy atom. The van der Waals surface area contributed by atoms with Crippen LogP contribution in [0.4, 0.5) is 0 Å². The quantitative estimate of drug-likeness (QED) is 0.611. The molecule has 0 saturated heterocycles. The van der Waals surface area contributed by atoms with Gasteiger partial charge in [0.25, 0.3) is 0 Å². The Bertz CT molecular complexity index is 182. The van der Waals surface area contributed by atoms with Gasteiger partial charge in [0, 0.05) is 31.4 Å². The minimum Gasteiger partial charge on any atom is -0.368 e. The van der Waals surface area contributed by atoms with Gasteiger partial charge in [0.1, 0.15) is 0 Å². The summed E-state index contributed by atoms with van der Waals surface area (Å²) in [7, 11) is 0. The smallest absolute Gasteiger partial charge is 0.0462 e. The summed E-state index contributed by atoms with van der Waals surface area (Å²) >= 11 is 0. The highest BCUT2D eigenvalue weighted by atomic mass is 14.6. The number of nitrogens with zero attached hydrogens (tertiary/aromatic N) is 1. The number of nitriles is 1. The van der Waals surface area contributed by atoms with Gasteiger partial charge in [-0.1, -0.05) is 0 Å². The summed E-state index contributed by atoms with van der Waals surface area (Å²) in [6.45, 7) is 3.50. The number of H-pyrrole nitrogens is 2. The minimum absolute atomic E-state index is 1.88. The second-order valence-electron chi connectivity index (χ2n) is 1.77. The van der Waals surface area contributed by atoms with Gasteiger partial charge in [-0.25, -0.2) is 5.26 Å². The van der Waals surface area contributed by atoms with Crippen LogP contribution in [0.25, 0.3) is 0 Å². The standard InChI is InChI=1S/2C4H5N.CHN/c2*1-2-4-5-3-1;1-2/h2*1-5H;1H. The maximum absolute atomic E-state index is 6.50. The van der Waals surface area contributed by atoms with Crippen molar-refractivity contribution in [3.63, 3.8) is 0 Å². The highest BCUT2D eigenvalue weighted by molar-refractivity contribution is 4.85. The molecule has 0 aromatic carbocycles. The monoisotopic (exact) mass is 161 g/mol. The van der Waals surface area contributed by atoms with E-state index in [1.54, 1.807) is 0 Å². The Morgan fingerprint density at radius 2 is 0.917 bits per heavy atom. The molecule has 0 radical (unpaired) electrons. The van der Waals surface area contributed by atoms with E-state index < -0.39 is 0 Å². The van der Waals surface area contributed by atoms with Gasteiger partial charge in [-0.05, 0) is 24.3 Å². The lowest BCUT2D eigenvalue weighted by Crippen LogP contribution is -1.38. The van der Waals surface area contributed by atoms with Crippen molar-refractivity contribution in [2.24, 2.45) is 0 Å². The van der Waals surface area contributed by atoms with Gasteiger partial charge in [-0.3, -0.25) is 0 Å². The first-order valence-electron chi connectivity index (χ1n) is 3.41. The van der Waals surface area contributed by atoms with Crippen LogP contribution < -0.4 is 0 Å². The van der Waals surface area contributed by atoms with Crippen molar-refractivity contribution < 1.29 is 0 Å². The van der Waals surface area contributed by atoms with Crippen LogP contribution in [-0.2, 0) is 0 Å². The highest BCUT2D eigenvalue weighted by Crippen LogP contribution is 1.72. The number of nitrogens with one attached hydrogen (secondary N) is 2. The number of rotatable bonds is 0. The van der Waals surface area contributed by atoms with Gasteiger partial charge in [0.2, 0.25) is 0 Å². The summed E-state index contributed by atoms with van der Waals surface area (Å²) in [5, 5.41) is 6.50. The van der Waals surface area contributed by atoms with Gasteiger partial charge >= 0.3 is 0 Å². The zero-order valence-electron chi connectivity index (χ0n) is 6.64. The largest absolute Gasteiger partial charge is 0.368 e. The third kappa shape index (κ3) is 6.17. The van der Waals surface area contributed by atoms with E-state index in [-0.39, 0.29) is 0 Å². The summed E-state index contributed by atoms with van der Waals surface area (Å²) in [6, 6.07) is 7.78. The first-order chi connectivity index (χ1) is 6.00. The average molecular weight is 161 g/mol. The molecule has 0 aliphatic carbocycles. The van der Waals surface area contributed by atoms with Crippen molar-refractivity contribution in [2.45, 2.75) is 0 Å². The number of aromatic amines is 2. The molecule has 0 atom stereocenters. The molecule has 12 heavy (non-hydrogen) atoms. The Labute approximate surface area is 71.7 Å². The Kier molecular flexibility index (Phi) is 7.58. The molecule has 0 fully saturated rings. The SMILES string of the molecule is C#N.c1cc[nH]c1.c1cc[nH]c1. The minimum atomic E-state index is 1.88. The van der Waals surface area contributed by atoms with Crippen LogP contribution in [-0.4, -0.2) is 9.97 Å². The van der Waals surface area contributed by atoms with E-state index in [9.17, 15) is 0 Å². The first-order valence-corrected chi connectivity index (χ1v) is 3.41. The molecule has 3 heteroatoms. The average Bonchev–Trinajstić information content (AvgIpc) is 2.87. The highest BCUT2D eigenvalue weighted by Gasteiger charge is 1.56. The second-order valence-corrected chi connectivity index (χ2v) is 1.77. The number of hydrogen-bond acceptors (Lipinski definition) is 1. The molecule has 2 heterocycles. The molecule has 3 nitrogen and oxygen atoms in total. The third-order valence-electron chi connectivity index (χ3n) is 0.992. The second kappa shape index (κ2) is 9.05. The predicted molar refractivity (Wildman–Crippen MR) is 48.3 cm³/mol. The van der Waals surface area contributed by atoms with E-state index in [2.05, 4.69) is 16.5 Å². The third-order valence-corrected chi connectivity index (χ3v) is 0.992. The molecule has 0 bridgehead atoms. The van der Waals surface area contributed by atoms with E-state index >= 15 is 0 Å². The van der Waals surface area contributed by atoms with Crippen molar-refractivity contribution in [2.75, 3.05) is 0 Å². The molecule has 62 valence electrons. The van der Waals surface area contributed by atoms with E-state index in [0.717, 1.165) is 0 Å². The molecule has 0 spiro atoms. The van der Waals surface area contributed by atoms with E-state index in [1.807, 2.05) is 49.1 Å². The maximum atomic E-state index is 6.50. The van der Waals surface area contributed by atoms with Crippen molar-refractivity contribution in [1.82, 2.24) is 9.97 Å². The predicted octanol–water partition coefficient (Wildman–Crippen LogP) is 2.17.